The molecule has 0 amide bonds. The molecular weight excluding hydrogens is 274 g/mol. The van der Waals surface area contributed by atoms with Crippen molar-refractivity contribution in [1.29, 1.82) is 5.41 Å². The van der Waals surface area contributed by atoms with Gasteiger partial charge in [0, 0.05) is 30.5 Å². The minimum atomic E-state index is 0.472. The van der Waals surface area contributed by atoms with Crippen LogP contribution in [0.5, 0.6) is 0 Å². The molecule has 1 aliphatic rings. The van der Waals surface area contributed by atoms with E-state index in [0.717, 1.165) is 16.9 Å². The summed E-state index contributed by atoms with van der Waals surface area (Å²) in [6.45, 7) is 0. The Labute approximate surface area is 131 Å². The summed E-state index contributed by atoms with van der Waals surface area (Å²) in [6, 6.07) is 8.14. The summed E-state index contributed by atoms with van der Waals surface area (Å²) in [5, 5.41) is 8.41. The van der Waals surface area contributed by atoms with Crippen LogP contribution in [0.1, 0.15) is 32.1 Å². The van der Waals surface area contributed by atoms with Crippen LogP contribution in [0.15, 0.2) is 36.8 Å². The molecule has 2 aromatic rings. The number of rotatable bonds is 2. The van der Waals surface area contributed by atoms with E-state index in [0.29, 0.717) is 12.0 Å². The molecule has 3 rings (SSSR count). The van der Waals surface area contributed by atoms with Crippen molar-refractivity contribution in [3.8, 4) is 11.3 Å². The Morgan fingerprint density at radius 1 is 1.32 bits per heavy atom. The van der Waals surface area contributed by atoms with Crippen LogP contribution < -0.4 is 5.73 Å². The molecule has 1 fully saturated rings. The van der Waals surface area contributed by atoms with Crippen LogP contribution in [-0.2, 0) is 0 Å². The van der Waals surface area contributed by atoms with Crippen LogP contribution in [0.3, 0.4) is 0 Å². The average molecular weight is 297 g/mol. The van der Waals surface area contributed by atoms with E-state index in [1.807, 2.05) is 37.5 Å². The van der Waals surface area contributed by atoms with Gasteiger partial charge in [-0.15, -0.1) is 0 Å². The molecule has 22 heavy (non-hydrogen) atoms. The highest BCUT2D eigenvalue weighted by Gasteiger charge is 2.21. The lowest BCUT2D eigenvalue weighted by Crippen LogP contribution is -2.40. The zero-order valence-corrected chi connectivity index (χ0v) is 13.0. The Balaban J connectivity index is 1.76. The molecule has 0 bridgehead atoms. The van der Waals surface area contributed by atoms with E-state index in [4.69, 9.17) is 11.1 Å². The first-order valence-electron chi connectivity index (χ1n) is 7.87. The fourth-order valence-electron chi connectivity index (χ4n) is 3.11. The van der Waals surface area contributed by atoms with Gasteiger partial charge in [-0.05, 0) is 25.0 Å². The van der Waals surface area contributed by atoms with E-state index < -0.39 is 0 Å². The van der Waals surface area contributed by atoms with Gasteiger partial charge in [0.1, 0.15) is 6.33 Å². The van der Waals surface area contributed by atoms with Crippen LogP contribution in [0.2, 0.25) is 0 Å². The van der Waals surface area contributed by atoms with Gasteiger partial charge >= 0.3 is 0 Å². The van der Waals surface area contributed by atoms with Crippen molar-refractivity contribution in [3.63, 3.8) is 0 Å². The minimum absolute atomic E-state index is 0.472. The number of benzene rings is 1. The second-order valence-electron chi connectivity index (χ2n) is 6.02. The summed E-state index contributed by atoms with van der Waals surface area (Å²) < 4.78 is 1.78. The number of nitrogens with zero attached hydrogens (tertiary/aromatic N) is 3. The number of hydrogen-bond acceptors (Lipinski definition) is 3. The van der Waals surface area contributed by atoms with E-state index in [-0.39, 0.29) is 0 Å². The first-order valence-corrected chi connectivity index (χ1v) is 7.87. The lowest BCUT2D eigenvalue weighted by Gasteiger charge is -2.32. The minimum Gasteiger partial charge on any atom is -0.399 e. The van der Waals surface area contributed by atoms with Crippen molar-refractivity contribution < 1.29 is 0 Å². The highest BCUT2D eigenvalue weighted by molar-refractivity contribution is 5.80. The van der Waals surface area contributed by atoms with E-state index in [1.165, 1.54) is 32.1 Å². The van der Waals surface area contributed by atoms with Crippen molar-refractivity contribution in [2.45, 2.75) is 38.1 Å². The molecule has 1 heterocycles. The second kappa shape index (κ2) is 6.22. The van der Waals surface area contributed by atoms with Crippen molar-refractivity contribution in [2.75, 3.05) is 12.8 Å². The highest BCUT2D eigenvalue weighted by atomic mass is 15.3. The molecule has 5 heteroatoms. The van der Waals surface area contributed by atoms with E-state index in [1.54, 1.807) is 10.9 Å². The van der Waals surface area contributed by atoms with Crippen molar-refractivity contribution >= 4 is 11.6 Å². The summed E-state index contributed by atoms with van der Waals surface area (Å²) in [5.41, 5.74) is 8.37. The average Bonchev–Trinajstić information content (AvgIpc) is 3.04. The standard InChI is InChI=1S/C17H23N5/c1-21(15-8-3-2-4-9-15)17(19)22-11-16(20-12-22)13-6-5-7-14(18)10-13/h5-7,10-12,15,19H,2-4,8-9,18H2,1H3. The summed E-state index contributed by atoms with van der Waals surface area (Å²) in [4.78, 5) is 6.49. The largest absolute Gasteiger partial charge is 0.399 e. The summed E-state index contributed by atoms with van der Waals surface area (Å²) in [5.74, 6) is 0.481. The molecular formula is C17H23N5. The van der Waals surface area contributed by atoms with Crippen molar-refractivity contribution in [2.24, 2.45) is 0 Å². The maximum atomic E-state index is 8.41. The molecule has 1 aromatic carbocycles. The van der Waals surface area contributed by atoms with E-state index in [2.05, 4.69) is 9.88 Å². The SMILES string of the molecule is CN(C(=N)n1cnc(-c2cccc(N)c2)c1)C1CCCCC1. The smallest absolute Gasteiger partial charge is 0.203 e. The Hall–Kier alpha value is -2.30. The third-order valence-electron chi connectivity index (χ3n) is 4.47. The number of nitrogen functional groups attached to an aromatic ring is 1. The lowest BCUT2D eigenvalue weighted by atomic mass is 9.95. The maximum Gasteiger partial charge on any atom is 0.203 e. The van der Waals surface area contributed by atoms with Gasteiger partial charge in [0.2, 0.25) is 5.96 Å². The fourth-order valence-corrected chi connectivity index (χ4v) is 3.11. The summed E-state index contributed by atoms with van der Waals surface area (Å²) in [6.07, 6.45) is 9.81. The Morgan fingerprint density at radius 2 is 2.09 bits per heavy atom. The van der Waals surface area contributed by atoms with Gasteiger partial charge in [-0.2, -0.15) is 0 Å². The van der Waals surface area contributed by atoms with Crippen molar-refractivity contribution in [3.05, 3.63) is 36.8 Å². The molecule has 1 aliphatic carbocycles. The number of hydrogen-bond donors (Lipinski definition) is 2. The summed E-state index contributed by atoms with van der Waals surface area (Å²) in [7, 11) is 2.01. The molecule has 0 unspecified atom stereocenters. The third-order valence-corrected chi connectivity index (χ3v) is 4.47. The molecule has 5 nitrogen and oxygen atoms in total. The van der Waals surface area contributed by atoms with Gasteiger partial charge < -0.3 is 10.6 Å². The van der Waals surface area contributed by atoms with Crippen LogP contribution >= 0.6 is 0 Å². The van der Waals surface area contributed by atoms with Gasteiger partial charge in [0.25, 0.3) is 0 Å². The first-order chi connectivity index (χ1) is 10.6. The molecule has 0 saturated heterocycles. The third kappa shape index (κ3) is 2.98. The molecule has 3 N–H and O–H groups in total. The van der Waals surface area contributed by atoms with Gasteiger partial charge in [-0.25, -0.2) is 4.98 Å². The molecule has 0 spiro atoms. The first kappa shape index (κ1) is 14.6. The van der Waals surface area contributed by atoms with Crippen LogP contribution in [0.25, 0.3) is 11.3 Å². The Bertz CT molecular complexity index is 655. The Kier molecular flexibility index (Phi) is 4.13. The van der Waals surface area contributed by atoms with Gasteiger partial charge in [-0.3, -0.25) is 9.98 Å². The predicted octanol–water partition coefficient (Wildman–Crippen LogP) is 3.18. The van der Waals surface area contributed by atoms with Gasteiger partial charge in [0.15, 0.2) is 0 Å². The van der Waals surface area contributed by atoms with Crippen LogP contribution in [0, 0.1) is 5.41 Å². The molecule has 0 radical (unpaired) electrons. The zero-order chi connectivity index (χ0) is 15.5. The zero-order valence-electron chi connectivity index (χ0n) is 13.0. The fraction of sp³-hybridized carbons (Fsp3) is 0.412. The maximum absolute atomic E-state index is 8.41. The Morgan fingerprint density at radius 3 is 2.82 bits per heavy atom. The van der Waals surface area contributed by atoms with Gasteiger partial charge in [0.05, 0.1) is 5.69 Å². The number of imidazole rings is 1. The molecule has 0 aliphatic heterocycles. The van der Waals surface area contributed by atoms with Crippen LogP contribution in [0.4, 0.5) is 5.69 Å². The second-order valence-corrected chi connectivity index (χ2v) is 6.02. The monoisotopic (exact) mass is 297 g/mol. The lowest BCUT2D eigenvalue weighted by molar-refractivity contribution is 0.271. The molecule has 0 atom stereocenters. The normalized spacial score (nSPS) is 15.7. The molecule has 1 aromatic heterocycles. The van der Waals surface area contributed by atoms with Crippen LogP contribution in [-0.4, -0.2) is 33.5 Å². The predicted molar refractivity (Wildman–Crippen MR) is 89.8 cm³/mol. The van der Waals surface area contributed by atoms with Crippen molar-refractivity contribution in [1.82, 2.24) is 14.5 Å². The molecule has 1 saturated carbocycles. The van der Waals surface area contributed by atoms with Gasteiger partial charge in [-0.1, -0.05) is 31.4 Å². The number of nitrogens with two attached hydrogens (primary N) is 1. The molecule has 116 valence electrons. The summed E-state index contributed by atoms with van der Waals surface area (Å²) >= 11 is 0. The number of nitrogens with one attached hydrogen (secondary N) is 1. The van der Waals surface area contributed by atoms with E-state index >= 15 is 0 Å². The highest BCUT2D eigenvalue weighted by Crippen LogP contribution is 2.23. The number of anilines is 1. The topological polar surface area (TPSA) is 70.9 Å². The quantitative estimate of drug-likeness (QED) is 0.508. The number of aromatic nitrogens is 2. The van der Waals surface area contributed by atoms with E-state index in [9.17, 15) is 0 Å².